The molecule has 1 N–H and O–H groups in total. The molecule has 7 nitrogen and oxygen atoms in total. The van der Waals surface area contributed by atoms with E-state index >= 15 is 0 Å². The Kier molecular flexibility index (Phi) is 4.16. The molecule has 0 unspecified atom stereocenters. The van der Waals surface area contributed by atoms with Crippen LogP contribution in [0.3, 0.4) is 0 Å². The van der Waals surface area contributed by atoms with Crippen molar-refractivity contribution in [2.24, 2.45) is 0 Å². The van der Waals surface area contributed by atoms with E-state index in [2.05, 4.69) is 15.2 Å². The van der Waals surface area contributed by atoms with Crippen LogP contribution in [0.4, 0.5) is 0 Å². The molecule has 0 atom stereocenters. The average Bonchev–Trinajstić information content (AvgIpc) is 3.25. The summed E-state index contributed by atoms with van der Waals surface area (Å²) in [6, 6.07) is 7.66. The number of hydrogen-bond acceptors (Lipinski definition) is 4. The number of H-pyrrole nitrogens is 1. The van der Waals surface area contributed by atoms with Gasteiger partial charge in [-0.15, -0.1) is 10.2 Å². The fourth-order valence-corrected chi connectivity index (χ4v) is 3.57. The zero-order valence-electron chi connectivity index (χ0n) is 14.5. The van der Waals surface area contributed by atoms with Crippen LogP contribution in [0.25, 0.3) is 27.9 Å². The first-order valence-electron chi connectivity index (χ1n) is 8.53. The van der Waals surface area contributed by atoms with Gasteiger partial charge in [-0.3, -0.25) is 4.57 Å². The molecule has 4 rings (SSSR count). The van der Waals surface area contributed by atoms with E-state index in [4.69, 9.17) is 16.3 Å². The molecule has 0 aliphatic heterocycles. The van der Waals surface area contributed by atoms with Crippen LogP contribution in [0.15, 0.2) is 35.4 Å². The van der Waals surface area contributed by atoms with Gasteiger partial charge in [-0.25, -0.2) is 9.20 Å². The van der Waals surface area contributed by atoms with Crippen LogP contribution in [-0.4, -0.2) is 30.8 Å². The maximum atomic E-state index is 12.8. The average molecular weight is 372 g/mol. The van der Waals surface area contributed by atoms with Crippen LogP contribution in [0.2, 0.25) is 5.02 Å². The molecule has 0 radical (unpaired) electrons. The third kappa shape index (κ3) is 2.39. The Bertz CT molecular complexity index is 1160. The van der Waals surface area contributed by atoms with E-state index in [0.717, 1.165) is 17.7 Å². The van der Waals surface area contributed by atoms with Crippen molar-refractivity contribution in [1.29, 1.82) is 0 Å². The number of fused-ring (bicyclic) bond motifs is 3. The first kappa shape index (κ1) is 16.7. The van der Waals surface area contributed by atoms with Gasteiger partial charge in [0.25, 0.3) is 0 Å². The Morgan fingerprint density at radius 2 is 2.08 bits per heavy atom. The third-order valence-corrected chi connectivity index (χ3v) is 4.66. The van der Waals surface area contributed by atoms with Crippen molar-refractivity contribution >= 4 is 28.3 Å². The number of rotatable bonds is 5. The van der Waals surface area contributed by atoms with Crippen LogP contribution in [0.5, 0.6) is 5.75 Å². The largest absolute Gasteiger partial charge is 0.493 e. The maximum Gasteiger partial charge on any atom is 0.335 e. The Hall–Kier alpha value is -2.80. The molecule has 0 saturated carbocycles. The molecule has 134 valence electrons. The van der Waals surface area contributed by atoms with Gasteiger partial charge in [-0.2, -0.15) is 0 Å². The number of para-hydroxylation sites is 1. The Morgan fingerprint density at radius 1 is 1.27 bits per heavy atom. The molecule has 0 saturated heterocycles. The maximum absolute atomic E-state index is 12.8. The number of aryl methyl sites for hydroxylation is 1. The van der Waals surface area contributed by atoms with E-state index in [1.807, 2.05) is 38.1 Å². The highest BCUT2D eigenvalue weighted by Gasteiger charge is 2.22. The quantitative estimate of drug-likeness (QED) is 0.582. The zero-order valence-corrected chi connectivity index (χ0v) is 15.2. The number of hydrogen-bond donors (Lipinski definition) is 1. The highest BCUT2D eigenvalue weighted by Crippen LogP contribution is 2.39. The van der Waals surface area contributed by atoms with E-state index in [1.54, 1.807) is 4.57 Å². The lowest BCUT2D eigenvalue weighted by molar-refractivity contribution is 0.341. The number of halogens is 1. The Balaban J connectivity index is 2.10. The first-order chi connectivity index (χ1) is 12.7. The summed E-state index contributed by atoms with van der Waals surface area (Å²) in [6.45, 7) is 5.04. The van der Waals surface area contributed by atoms with Crippen molar-refractivity contribution in [1.82, 2.24) is 24.1 Å². The summed E-state index contributed by atoms with van der Waals surface area (Å²) in [4.78, 5) is 16.1. The standard InChI is InChI=1S/C18H18ClN5O2/c1-3-9-23-16-13(19)14(11-7-5-6-8-12(11)26-4-2)21-15(16)17-22-20-10-24(17)18(23)25/h5-8,10,21H,3-4,9H2,1-2H3. The lowest BCUT2D eigenvalue weighted by atomic mass is 10.1. The molecule has 1 aromatic carbocycles. The molecule has 4 aromatic rings. The van der Waals surface area contributed by atoms with Gasteiger partial charge in [0.05, 0.1) is 22.8 Å². The minimum Gasteiger partial charge on any atom is -0.493 e. The topological polar surface area (TPSA) is 77.2 Å². The van der Waals surface area contributed by atoms with Crippen molar-refractivity contribution in [3.05, 3.63) is 46.1 Å². The predicted octanol–water partition coefficient (Wildman–Crippen LogP) is 3.50. The molecular formula is C18H18ClN5O2. The highest BCUT2D eigenvalue weighted by molar-refractivity contribution is 6.38. The molecule has 26 heavy (non-hydrogen) atoms. The van der Waals surface area contributed by atoms with Gasteiger partial charge in [0.15, 0.2) is 5.65 Å². The smallest absolute Gasteiger partial charge is 0.335 e. The predicted molar refractivity (Wildman–Crippen MR) is 101 cm³/mol. The fraction of sp³-hybridized carbons (Fsp3) is 0.278. The molecule has 3 heterocycles. The van der Waals surface area contributed by atoms with E-state index < -0.39 is 0 Å². The van der Waals surface area contributed by atoms with E-state index in [1.165, 1.54) is 10.7 Å². The van der Waals surface area contributed by atoms with E-state index in [0.29, 0.717) is 40.5 Å². The van der Waals surface area contributed by atoms with Gasteiger partial charge in [0, 0.05) is 12.1 Å². The second kappa shape index (κ2) is 6.49. The zero-order chi connectivity index (χ0) is 18.3. The first-order valence-corrected chi connectivity index (χ1v) is 8.91. The molecule has 0 aliphatic carbocycles. The van der Waals surface area contributed by atoms with Crippen LogP contribution in [0, 0.1) is 0 Å². The summed E-state index contributed by atoms with van der Waals surface area (Å²) in [7, 11) is 0. The SMILES string of the molecule is CCCn1c(=O)n2cnnc2c2[nH]c(-c3ccccc3OCC)c(Cl)c21. The molecule has 0 aliphatic rings. The lowest BCUT2D eigenvalue weighted by Gasteiger charge is -2.09. The van der Waals surface area contributed by atoms with Crippen molar-refractivity contribution in [3.8, 4) is 17.0 Å². The number of nitrogens with one attached hydrogen (secondary N) is 1. The number of aromatic amines is 1. The van der Waals surface area contributed by atoms with Gasteiger partial charge in [-0.1, -0.05) is 30.7 Å². The molecule has 0 amide bonds. The van der Waals surface area contributed by atoms with Crippen molar-refractivity contribution in [2.45, 2.75) is 26.8 Å². The normalized spacial score (nSPS) is 11.5. The lowest BCUT2D eigenvalue weighted by Crippen LogP contribution is -2.26. The summed E-state index contributed by atoms with van der Waals surface area (Å²) in [6.07, 6.45) is 2.22. The third-order valence-electron chi connectivity index (χ3n) is 4.30. The van der Waals surface area contributed by atoms with E-state index in [9.17, 15) is 4.79 Å². The second-order valence-corrected chi connectivity index (χ2v) is 6.30. The monoisotopic (exact) mass is 371 g/mol. The van der Waals surface area contributed by atoms with Crippen LogP contribution in [-0.2, 0) is 6.54 Å². The van der Waals surface area contributed by atoms with Crippen molar-refractivity contribution in [3.63, 3.8) is 0 Å². The Labute approximate surface area is 154 Å². The summed E-state index contributed by atoms with van der Waals surface area (Å²) in [5, 5.41) is 8.45. The fourth-order valence-electron chi connectivity index (χ4n) is 3.22. The van der Waals surface area contributed by atoms with Gasteiger partial charge in [0.1, 0.15) is 17.6 Å². The summed E-state index contributed by atoms with van der Waals surface area (Å²) >= 11 is 6.74. The second-order valence-electron chi connectivity index (χ2n) is 5.93. The van der Waals surface area contributed by atoms with Crippen LogP contribution >= 0.6 is 11.6 Å². The molecule has 8 heteroatoms. The summed E-state index contributed by atoms with van der Waals surface area (Å²) < 4.78 is 8.83. The van der Waals surface area contributed by atoms with E-state index in [-0.39, 0.29) is 5.69 Å². The molecule has 3 aromatic heterocycles. The number of ether oxygens (including phenoxy) is 1. The van der Waals surface area contributed by atoms with Gasteiger partial charge in [0.2, 0.25) is 0 Å². The number of aromatic nitrogens is 5. The number of nitrogens with zero attached hydrogens (tertiary/aromatic N) is 4. The molecule has 0 spiro atoms. The minimum atomic E-state index is -0.204. The number of benzene rings is 1. The van der Waals surface area contributed by atoms with Gasteiger partial charge >= 0.3 is 5.69 Å². The summed E-state index contributed by atoms with van der Waals surface area (Å²) in [5.74, 6) is 0.727. The molecule has 0 bridgehead atoms. The molecular weight excluding hydrogens is 354 g/mol. The summed E-state index contributed by atoms with van der Waals surface area (Å²) in [5.41, 5.74) is 3.11. The van der Waals surface area contributed by atoms with Crippen LogP contribution in [0.1, 0.15) is 20.3 Å². The van der Waals surface area contributed by atoms with Gasteiger partial charge in [-0.05, 0) is 25.5 Å². The van der Waals surface area contributed by atoms with Gasteiger partial charge < -0.3 is 9.72 Å². The highest BCUT2D eigenvalue weighted by atomic mass is 35.5. The van der Waals surface area contributed by atoms with Crippen molar-refractivity contribution in [2.75, 3.05) is 6.61 Å². The van der Waals surface area contributed by atoms with Crippen molar-refractivity contribution < 1.29 is 4.74 Å². The molecule has 0 fully saturated rings. The van der Waals surface area contributed by atoms with Crippen LogP contribution < -0.4 is 10.4 Å². The Morgan fingerprint density at radius 3 is 2.85 bits per heavy atom. The minimum absolute atomic E-state index is 0.204.